The monoisotopic (exact) mass is 218 g/mol. The smallest absolute Gasteiger partial charge is 0.143 e. The van der Waals surface area contributed by atoms with Gasteiger partial charge in [-0.05, 0) is 22.8 Å². The molecule has 1 unspecified atom stereocenters. The molecule has 0 heterocycles. The number of hydrogen-bond acceptors (Lipinski definition) is 2. The van der Waals surface area contributed by atoms with Gasteiger partial charge in [-0.25, -0.2) is 0 Å². The zero-order valence-corrected chi connectivity index (χ0v) is 10.1. The van der Waals surface area contributed by atoms with Crippen LogP contribution in [0.5, 0.6) is 0 Å². The molecule has 0 radical (unpaired) electrons. The molecule has 0 spiro atoms. The van der Waals surface area contributed by atoms with E-state index in [0.717, 1.165) is 23.8 Å². The molecular weight excluding hydrogens is 200 g/mol. The van der Waals surface area contributed by atoms with E-state index >= 15 is 0 Å². The van der Waals surface area contributed by atoms with Crippen LogP contribution < -0.4 is 0 Å². The Morgan fingerprint density at radius 3 is 2.62 bits per heavy atom. The first kappa shape index (κ1) is 12.7. The summed E-state index contributed by atoms with van der Waals surface area (Å²) < 4.78 is 5.36. The van der Waals surface area contributed by atoms with E-state index in [4.69, 9.17) is 4.74 Å². The van der Waals surface area contributed by atoms with Gasteiger partial charge < -0.3 is 4.74 Å². The van der Waals surface area contributed by atoms with Gasteiger partial charge in [0.15, 0.2) is 0 Å². The minimum atomic E-state index is 0.109. The van der Waals surface area contributed by atoms with Crippen LogP contribution in [0.2, 0.25) is 0 Å². The van der Waals surface area contributed by atoms with Crippen LogP contribution in [-0.2, 0) is 9.53 Å². The molecule has 86 valence electrons. The van der Waals surface area contributed by atoms with Crippen LogP contribution >= 0.6 is 0 Å². The van der Waals surface area contributed by atoms with Crippen LogP contribution in [-0.4, -0.2) is 13.4 Å². The Kier molecular flexibility index (Phi) is 4.93. The summed E-state index contributed by atoms with van der Waals surface area (Å²) in [6.07, 6.45) is 3.37. The molecular formula is C14H18O2. The Morgan fingerprint density at radius 1 is 1.31 bits per heavy atom. The van der Waals surface area contributed by atoms with Crippen molar-refractivity contribution in [3.63, 3.8) is 0 Å². The third-order valence-electron chi connectivity index (χ3n) is 2.61. The van der Waals surface area contributed by atoms with Crippen LogP contribution in [0, 0.1) is 0 Å². The molecule has 1 aliphatic rings. The maximum atomic E-state index is 10.4. The van der Waals surface area contributed by atoms with Crippen LogP contribution in [0.15, 0.2) is 30.3 Å². The number of fused-ring (bicyclic) bond motifs is 1. The van der Waals surface area contributed by atoms with Crippen molar-refractivity contribution in [1.29, 1.82) is 0 Å². The SMILES string of the molecule is CC.COC1C/C(=C\C=O)c2ccccc21. The molecule has 0 N–H and O–H groups in total. The molecule has 2 rings (SSSR count). The molecule has 1 aromatic rings. The summed E-state index contributed by atoms with van der Waals surface area (Å²) in [6, 6.07) is 8.06. The zero-order valence-electron chi connectivity index (χ0n) is 10.1. The van der Waals surface area contributed by atoms with Gasteiger partial charge in [0.25, 0.3) is 0 Å². The topological polar surface area (TPSA) is 26.3 Å². The van der Waals surface area contributed by atoms with Gasteiger partial charge in [0.05, 0.1) is 6.10 Å². The molecule has 0 saturated carbocycles. The van der Waals surface area contributed by atoms with E-state index in [0.29, 0.717) is 0 Å². The van der Waals surface area contributed by atoms with Crippen molar-refractivity contribution in [2.75, 3.05) is 7.11 Å². The van der Waals surface area contributed by atoms with Crippen molar-refractivity contribution in [1.82, 2.24) is 0 Å². The molecule has 2 heteroatoms. The highest BCUT2D eigenvalue weighted by Gasteiger charge is 2.25. The molecule has 1 aromatic carbocycles. The van der Waals surface area contributed by atoms with Gasteiger partial charge in [-0.15, -0.1) is 0 Å². The highest BCUT2D eigenvalue weighted by atomic mass is 16.5. The van der Waals surface area contributed by atoms with Crippen molar-refractivity contribution < 1.29 is 9.53 Å². The average Bonchev–Trinajstić information content (AvgIpc) is 2.71. The number of hydrogen-bond donors (Lipinski definition) is 0. The third kappa shape index (κ3) is 2.39. The normalized spacial score (nSPS) is 19.9. The minimum Gasteiger partial charge on any atom is -0.376 e. The standard InChI is InChI=1S/C12H12O2.C2H6/c1-14-12-8-9(6-7-13)10-4-2-3-5-11(10)12;1-2/h2-7,12H,8H2,1H3;1-2H3/b9-6+;. The number of allylic oxidation sites excluding steroid dienone is 1. The average molecular weight is 218 g/mol. The number of rotatable bonds is 2. The molecule has 0 aromatic heterocycles. The lowest BCUT2D eigenvalue weighted by Crippen LogP contribution is -1.94. The summed E-state index contributed by atoms with van der Waals surface area (Å²) in [5, 5.41) is 0. The maximum Gasteiger partial charge on any atom is 0.143 e. The largest absolute Gasteiger partial charge is 0.376 e. The second-order valence-corrected chi connectivity index (χ2v) is 3.34. The predicted molar refractivity (Wildman–Crippen MR) is 66.2 cm³/mol. The van der Waals surface area contributed by atoms with Crippen molar-refractivity contribution >= 4 is 11.9 Å². The summed E-state index contributed by atoms with van der Waals surface area (Å²) in [4.78, 5) is 10.4. The number of aldehydes is 1. The summed E-state index contributed by atoms with van der Waals surface area (Å²) in [5.74, 6) is 0. The molecule has 2 nitrogen and oxygen atoms in total. The van der Waals surface area contributed by atoms with Crippen LogP contribution in [0.3, 0.4) is 0 Å². The van der Waals surface area contributed by atoms with Crippen LogP contribution in [0.25, 0.3) is 5.57 Å². The fourth-order valence-electron chi connectivity index (χ4n) is 1.94. The molecule has 1 aliphatic carbocycles. The van der Waals surface area contributed by atoms with Gasteiger partial charge in [-0.1, -0.05) is 38.1 Å². The summed E-state index contributed by atoms with van der Waals surface area (Å²) in [6.45, 7) is 4.00. The van der Waals surface area contributed by atoms with E-state index in [2.05, 4.69) is 6.07 Å². The molecule has 0 amide bonds. The van der Waals surface area contributed by atoms with Crippen LogP contribution in [0.1, 0.15) is 37.5 Å². The van der Waals surface area contributed by atoms with Crippen LogP contribution in [0.4, 0.5) is 0 Å². The Hall–Kier alpha value is -1.41. The molecule has 0 fully saturated rings. The zero-order chi connectivity index (χ0) is 12.0. The van der Waals surface area contributed by atoms with Gasteiger partial charge in [-0.3, -0.25) is 4.79 Å². The van der Waals surface area contributed by atoms with E-state index in [1.807, 2.05) is 32.0 Å². The lowest BCUT2D eigenvalue weighted by Gasteiger charge is -2.07. The number of benzene rings is 1. The quantitative estimate of drug-likeness (QED) is 0.562. The number of carbonyl (C=O) groups is 1. The fourth-order valence-corrected chi connectivity index (χ4v) is 1.94. The molecule has 16 heavy (non-hydrogen) atoms. The number of ether oxygens (including phenoxy) is 1. The Bertz CT molecular complexity index is 380. The first-order chi connectivity index (χ1) is 7.86. The molecule has 0 aliphatic heterocycles. The first-order valence-electron chi connectivity index (χ1n) is 5.63. The first-order valence-corrected chi connectivity index (χ1v) is 5.63. The van der Waals surface area contributed by atoms with Crippen molar-refractivity contribution in [3.05, 3.63) is 41.5 Å². The summed E-state index contributed by atoms with van der Waals surface area (Å²) in [5.41, 5.74) is 3.40. The lowest BCUT2D eigenvalue weighted by atomic mass is 10.1. The minimum absolute atomic E-state index is 0.109. The highest BCUT2D eigenvalue weighted by Crippen LogP contribution is 2.40. The van der Waals surface area contributed by atoms with Gasteiger partial charge in [-0.2, -0.15) is 0 Å². The maximum absolute atomic E-state index is 10.4. The second kappa shape index (κ2) is 6.23. The molecule has 0 saturated heterocycles. The van der Waals surface area contributed by atoms with E-state index in [9.17, 15) is 4.79 Å². The summed E-state index contributed by atoms with van der Waals surface area (Å²) in [7, 11) is 1.70. The van der Waals surface area contributed by atoms with Crippen molar-refractivity contribution in [3.8, 4) is 0 Å². The lowest BCUT2D eigenvalue weighted by molar-refractivity contribution is -0.104. The Balaban J connectivity index is 0.000000606. The van der Waals surface area contributed by atoms with E-state index in [1.54, 1.807) is 13.2 Å². The molecule has 0 bridgehead atoms. The van der Waals surface area contributed by atoms with E-state index in [1.165, 1.54) is 5.56 Å². The molecule has 1 atom stereocenters. The second-order valence-electron chi connectivity index (χ2n) is 3.34. The summed E-state index contributed by atoms with van der Waals surface area (Å²) >= 11 is 0. The van der Waals surface area contributed by atoms with E-state index < -0.39 is 0 Å². The Labute approximate surface area is 96.9 Å². The number of methoxy groups -OCH3 is 1. The van der Waals surface area contributed by atoms with Crippen molar-refractivity contribution in [2.45, 2.75) is 26.4 Å². The Morgan fingerprint density at radius 2 is 2.00 bits per heavy atom. The van der Waals surface area contributed by atoms with Gasteiger partial charge in [0, 0.05) is 13.5 Å². The predicted octanol–water partition coefficient (Wildman–Crippen LogP) is 3.39. The highest BCUT2D eigenvalue weighted by molar-refractivity contribution is 5.85. The van der Waals surface area contributed by atoms with Gasteiger partial charge in [0.1, 0.15) is 6.29 Å². The van der Waals surface area contributed by atoms with Gasteiger partial charge in [0.2, 0.25) is 0 Å². The third-order valence-corrected chi connectivity index (χ3v) is 2.61. The van der Waals surface area contributed by atoms with E-state index in [-0.39, 0.29) is 6.10 Å². The number of carbonyl (C=O) groups excluding carboxylic acids is 1. The van der Waals surface area contributed by atoms with Gasteiger partial charge >= 0.3 is 0 Å². The van der Waals surface area contributed by atoms with Crippen molar-refractivity contribution in [2.24, 2.45) is 0 Å². The fraction of sp³-hybridized carbons (Fsp3) is 0.357.